The van der Waals surface area contributed by atoms with Gasteiger partial charge in [-0.25, -0.2) is 0 Å². The monoisotopic (exact) mass is 405 g/mol. The largest absolute Gasteiger partial charge is 0.450 e. The Balaban J connectivity index is 1.94. The number of carbonyl (C=O) groups is 1. The highest BCUT2D eigenvalue weighted by Crippen LogP contribution is 2.36. The summed E-state index contributed by atoms with van der Waals surface area (Å²) in [7, 11) is 0. The summed E-state index contributed by atoms with van der Waals surface area (Å²) in [5.41, 5.74) is 1.98. The fraction of sp³-hybridized carbons (Fsp3) is 0.304. The van der Waals surface area contributed by atoms with Crippen molar-refractivity contribution in [2.75, 3.05) is 0 Å². The lowest BCUT2D eigenvalue weighted by molar-refractivity contribution is -0.385. The van der Waals surface area contributed by atoms with Crippen LogP contribution < -0.4 is 10.1 Å². The van der Waals surface area contributed by atoms with Gasteiger partial charge in [-0.05, 0) is 60.6 Å². The van der Waals surface area contributed by atoms with E-state index in [1.54, 1.807) is 6.07 Å². The maximum Gasteiger partial charge on any atom is 0.312 e. The number of nitro benzene ring substituents is 1. The zero-order chi connectivity index (χ0) is 21.8. The molecule has 1 saturated carbocycles. The van der Waals surface area contributed by atoms with E-state index in [0.717, 1.165) is 24.0 Å². The number of hydrogen-bond acceptors (Lipinski definition) is 5. The molecule has 1 fully saturated rings. The minimum Gasteiger partial charge on any atom is -0.450 e. The van der Waals surface area contributed by atoms with E-state index in [0.29, 0.717) is 11.3 Å². The summed E-state index contributed by atoms with van der Waals surface area (Å²) < 4.78 is 5.93. The number of nitriles is 1. The van der Waals surface area contributed by atoms with Gasteiger partial charge in [-0.1, -0.05) is 32.0 Å². The van der Waals surface area contributed by atoms with Gasteiger partial charge in [0.1, 0.15) is 17.4 Å². The van der Waals surface area contributed by atoms with Gasteiger partial charge >= 0.3 is 5.69 Å². The van der Waals surface area contributed by atoms with Gasteiger partial charge < -0.3 is 10.1 Å². The van der Waals surface area contributed by atoms with Gasteiger partial charge in [0.25, 0.3) is 5.91 Å². The summed E-state index contributed by atoms with van der Waals surface area (Å²) in [5.74, 6) is 0.387. The van der Waals surface area contributed by atoms with Gasteiger partial charge in [0.05, 0.1) is 4.92 Å². The van der Waals surface area contributed by atoms with Crippen LogP contribution in [0.5, 0.6) is 11.5 Å². The van der Waals surface area contributed by atoms with E-state index in [1.165, 1.54) is 18.2 Å². The molecule has 0 atom stereocenters. The quantitative estimate of drug-likeness (QED) is 0.302. The molecule has 0 heterocycles. The molecule has 7 heteroatoms. The molecular weight excluding hydrogens is 382 g/mol. The van der Waals surface area contributed by atoms with Crippen LogP contribution in [0, 0.1) is 28.4 Å². The molecule has 1 amide bonds. The van der Waals surface area contributed by atoms with Crippen LogP contribution in [-0.4, -0.2) is 16.9 Å². The molecule has 2 aromatic rings. The third kappa shape index (κ3) is 5.03. The maximum absolute atomic E-state index is 12.1. The summed E-state index contributed by atoms with van der Waals surface area (Å²) in [5, 5.41) is 23.7. The summed E-state index contributed by atoms with van der Waals surface area (Å²) in [4.78, 5) is 23.2. The molecule has 1 aliphatic carbocycles. The Hall–Kier alpha value is -3.66. The van der Waals surface area contributed by atoms with Crippen LogP contribution in [0.15, 0.2) is 42.0 Å². The number of nitro groups is 1. The van der Waals surface area contributed by atoms with Crippen molar-refractivity contribution in [3.8, 4) is 17.6 Å². The molecule has 30 heavy (non-hydrogen) atoms. The van der Waals surface area contributed by atoms with Crippen molar-refractivity contribution in [2.45, 2.75) is 45.6 Å². The molecule has 0 unspecified atom stereocenters. The predicted octanol–water partition coefficient (Wildman–Crippen LogP) is 5.00. The Morgan fingerprint density at radius 2 is 2.00 bits per heavy atom. The van der Waals surface area contributed by atoms with Crippen molar-refractivity contribution in [2.24, 2.45) is 0 Å². The second kappa shape index (κ2) is 8.78. The summed E-state index contributed by atoms with van der Waals surface area (Å²) in [6.45, 7) is 5.97. The Kier molecular flexibility index (Phi) is 6.17. The number of rotatable bonds is 7. The third-order valence-electron chi connectivity index (χ3n) is 4.78. The van der Waals surface area contributed by atoms with Gasteiger partial charge in [-0.2, -0.15) is 5.26 Å². The molecule has 0 radical (unpaired) electrons. The van der Waals surface area contributed by atoms with E-state index in [1.807, 2.05) is 45.0 Å². The standard InChI is InChI=1S/C23H23N3O4/c1-14(2)19-8-4-15(3)10-22(19)30-21-9-5-16(12-20(21)26(28)29)11-17(13-24)23(27)25-18-6-7-18/h4-5,8-12,14,18H,6-7H2,1-3H3,(H,25,27)/b17-11+. The topological polar surface area (TPSA) is 105 Å². The summed E-state index contributed by atoms with van der Waals surface area (Å²) in [6, 6.07) is 12.1. The Morgan fingerprint density at radius 1 is 1.27 bits per heavy atom. The van der Waals surface area contributed by atoms with Crippen LogP contribution in [0.4, 0.5) is 5.69 Å². The highest BCUT2D eigenvalue weighted by atomic mass is 16.6. The van der Waals surface area contributed by atoms with Crippen molar-refractivity contribution in [1.82, 2.24) is 5.32 Å². The van der Waals surface area contributed by atoms with E-state index >= 15 is 0 Å². The van der Waals surface area contributed by atoms with Gasteiger partial charge in [0.15, 0.2) is 0 Å². The SMILES string of the molecule is Cc1ccc(C(C)C)c(Oc2ccc(/C=C(\C#N)C(=O)NC3CC3)cc2[N+](=O)[O-])c1. The van der Waals surface area contributed by atoms with Crippen LogP contribution in [0.3, 0.4) is 0 Å². The van der Waals surface area contributed by atoms with Crippen LogP contribution in [0.1, 0.15) is 49.3 Å². The molecule has 0 aliphatic heterocycles. The zero-order valence-electron chi connectivity index (χ0n) is 17.1. The molecule has 1 aliphatic rings. The van der Waals surface area contributed by atoms with Gasteiger partial charge in [0.2, 0.25) is 5.75 Å². The number of ether oxygens (including phenoxy) is 1. The highest BCUT2D eigenvalue weighted by molar-refractivity contribution is 6.02. The molecule has 154 valence electrons. The van der Waals surface area contributed by atoms with E-state index in [9.17, 15) is 20.2 Å². The lowest BCUT2D eigenvalue weighted by Gasteiger charge is -2.15. The lowest BCUT2D eigenvalue weighted by atomic mass is 10.0. The molecular formula is C23H23N3O4. The third-order valence-corrected chi connectivity index (χ3v) is 4.78. The smallest absolute Gasteiger partial charge is 0.312 e. The van der Waals surface area contributed by atoms with E-state index in [4.69, 9.17) is 4.74 Å². The van der Waals surface area contributed by atoms with Crippen LogP contribution in [-0.2, 0) is 4.79 Å². The highest BCUT2D eigenvalue weighted by Gasteiger charge is 2.25. The van der Waals surface area contributed by atoms with Crippen LogP contribution in [0.25, 0.3) is 6.08 Å². The number of aryl methyl sites for hydroxylation is 1. The second-order valence-electron chi connectivity index (χ2n) is 7.70. The Morgan fingerprint density at radius 3 is 2.60 bits per heavy atom. The average molecular weight is 405 g/mol. The van der Waals surface area contributed by atoms with Crippen LogP contribution >= 0.6 is 0 Å². The Labute approximate surface area is 175 Å². The number of benzene rings is 2. The number of nitrogens with one attached hydrogen (secondary N) is 1. The number of carbonyl (C=O) groups excluding carboxylic acids is 1. The minimum absolute atomic E-state index is 0.0920. The first-order valence-electron chi connectivity index (χ1n) is 9.78. The van der Waals surface area contributed by atoms with Gasteiger partial charge in [0, 0.05) is 12.1 Å². The molecule has 0 aromatic heterocycles. The summed E-state index contributed by atoms with van der Waals surface area (Å²) in [6.07, 6.45) is 3.15. The molecule has 0 bridgehead atoms. The first-order valence-corrected chi connectivity index (χ1v) is 9.78. The zero-order valence-corrected chi connectivity index (χ0v) is 17.1. The molecule has 0 saturated heterocycles. The average Bonchev–Trinajstić information content (AvgIpc) is 3.50. The summed E-state index contributed by atoms with van der Waals surface area (Å²) >= 11 is 0. The molecule has 2 aromatic carbocycles. The maximum atomic E-state index is 12.1. The van der Waals surface area contributed by atoms with Crippen molar-refractivity contribution < 1.29 is 14.5 Å². The molecule has 1 N–H and O–H groups in total. The number of amides is 1. The van der Waals surface area contributed by atoms with E-state index in [2.05, 4.69) is 5.32 Å². The van der Waals surface area contributed by atoms with Crippen molar-refractivity contribution in [3.05, 3.63) is 68.8 Å². The Bertz CT molecular complexity index is 1060. The normalized spacial score (nSPS) is 13.6. The van der Waals surface area contributed by atoms with Gasteiger partial charge in [-0.15, -0.1) is 0 Å². The minimum atomic E-state index is -0.534. The van der Waals surface area contributed by atoms with Crippen molar-refractivity contribution in [1.29, 1.82) is 5.26 Å². The van der Waals surface area contributed by atoms with Crippen LogP contribution in [0.2, 0.25) is 0 Å². The van der Waals surface area contributed by atoms with E-state index in [-0.39, 0.29) is 29.0 Å². The number of hydrogen-bond donors (Lipinski definition) is 1. The molecule has 3 rings (SSSR count). The number of nitrogens with zero attached hydrogens (tertiary/aromatic N) is 2. The van der Waals surface area contributed by atoms with Gasteiger partial charge in [-0.3, -0.25) is 14.9 Å². The fourth-order valence-electron chi connectivity index (χ4n) is 2.98. The second-order valence-corrected chi connectivity index (χ2v) is 7.70. The van der Waals surface area contributed by atoms with Crippen molar-refractivity contribution in [3.63, 3.8) is 0 Å². The predicted molar refractivity (Wildman–Crippen MR) is 113 cm³/mol. The van der Waals surface area contributed by atoms with E-state index < -0.39 is 10.8 Å². The first-order chi connectivity index (χ1) is 14.3. The first kappa shape index (κ1) is 21.1. The molecule has 7 nitrogen and oxygen atoms in total. The molecule has 0 spiro atoms. The fourth-order valence-corrected chi connectivity index (χ4v) is 2.98. The lowest BCUT2D eigenvalue weighted by Crippen LogP contribution is -2.26. The van der Waals surface area contributed by atoms with Crippen molar-refractivity contribution >= 4 is 17.7 Å².